The molecular formula is C7H13NO2S. The zero-order valence-corrected chi connectivity index (χ0v) is 7.61. The highest BCUT2D eigenvalue weighted by atomic mass is 32.2. The maximum absolute atomic E-state index is 10.7. The van der Waals surface area contributed by atoms with Gasteiger partial charge in [-0.2, -0.15) is 0 Å². The molecule has 0 radical (unpaired) electrons. The van der Waals surface area contributed by atoms with Crippen molar-refractivity contribution >= 4 is 10.0 Å². The highest BCUT2D eigenvalue weighted by molar-refractivity contribution is 7.93. The molecule has 0 fully saturated rings. The van der Waals surface area contributed by atoms with Gasteiger partial charge in [-0.15, -0.1) is 0 Å². The van der Waals surface area contributed by atoms with E-state index in [2.05, 4.69) is 13.2 Å². The lowest BCUT2D eigenvalue weighted by Gasteiger charge is -2.09. The van der Waals surface area contributed by atoms with Crippen LogP contribution in [-0.4, -0.2) is 8.42 Å². The van der Waals surface area contributed by atoms with Crippen LogP contribution < -0.4 is 5.14 Å². The molecule has 0 bridgehead atoms. The van der Waals surface area contributed by atoms with Crippen LogP contribution >= 0.6 is 0 Å². The third kappa shape index (κ3) is 2.86. The Labute approximate surface area is 67.7 Å². The van der Waals surface area contributed by atoms with E-state index < -0.39 is 10.0 Å². The van der Waals surface area contributed by atoms with Crippen molar-refractivity contribution in [3.63, 3.8) is 0 Å². The smallest absolute Gasteiger partial charge is 0.225 e. The molecule has 0 saturated carbocycles. The van der Waals surface area contributed by atoms with Gasteiger partial charge in [-0.1, -0.05) is 27.0 Å². The molecular weight excluding hydrogens is 162 g/mol. The van der Waals surface area contributed by atoms with Crippen molar-refractivity contribution < 1.29 is 8.42 Å². The normalized spacial score (nSPS) is 11.6. The van der Waals surface area contributed by atoms with E-state index in [1.54, 1.807) is 0 Å². The fourth-order valence-corrected chi connectivity index (χ4v) is 1.11. The van der Waals surface area contributed by atoms with Gasteiger partial charge in [-0.25, -0.2) is 13.6 Å². The van der Waals surface area contributed by atoms with Crippen molar-refractivity contribution in [2.45, 2.75) is 13.8 Å². The van der Waals surface area contributed by atoms with Crippen molar-refractivity contribution in [2.24, 2.45) is 11.1 Å². The zero-order valence-electron chi connectivity index (χ0n) is 6.79. The first-order valence-electron chi connectivity index (χ1n) is 3.17. The fraction of sp³-hybridized carbons (Fsp3) is 0.429. The summed E-state index contributed by atoms with van der Waals surface area (Å²) in [5.41, 5.74) is 0.465. The lowest BCUT2D eigenvalue weighted by atomic mass is 10.1. The summed E-state index contributed by atoms with van der Waals surface area (Å²) in [6, 6.07) is 0. The van der Waals surface area contributed by atoms with Crippen LogP contribution in [0.15, 0.2) is 23.6 Å². The van der Waals surface area contributed by atoms with Crippen molar-refractivity contribution in [2.75, 3.05) is 0 Å². The second kappa shape index (κ2) is 3.19. The summed E-state index contributed by atoms with van der Waals surface area (Å²) >= 11 is 0. The molecule has 0 amide bonds. The second-order valence-electron chi connectivity index (χ2n) is 2.65. The highest BCUT2D eigenvalue weighted by Crippen LogP contribution is 2.18. The Hall–Kier alpha value is -0.610. The van der Waals surface area contributed by atoms with Crippen molar-refractivity contribution in [1.29, 1.82) is 0 Å². The molecule has 0 aliphatic rings. The average molecular weight is 175 g/mol. The van der Waals surface area contributed by atoms with Gasteiger partial charge >= 0.3 is 0 Å². The lowest BCUT2D eigenvalue weighted by Crippen LogP contribution is -2.16. The second-order valence-corrected chi connectivity index (χ2v) is 4.23. The molecule has 0 spiro atoms. The van der Waals surface area contributed by atoms with E-state index in [0.717, 1.165) is 0 Å². The largest absolute Gasteiger partial charge is 0.237 e. The van der Waals surface area contributed by atoms with Crippen LogP contribution in [-0.2, 0) is 10.0 Å². The minimum Gasteiger partial charge on any atom is -0.225 e. The van der Waals surface area contributed by atoms with E-state index >= 15 is 0 Å². The molecule has 0 unspecified atom stereocenters. The van der Waals surface area contributed by atoms with Gasteiger partial charge in [0.05, 0.1) is 4.91 Å². The molecule has 0 aliphatic carbocycles. The first-order valence-corrected chi connectivity index (χ1v) is 4.72. The lowest BCUT2D eigenvalue weighted by molar-refractivity contribution is 0.602. The van der Waals surface area contributed by atoms with Gasteiger partial charge in [0, 0.05) is 0 Å². The molecule has 0 saturated heterocycles. The summed E-state index contributed by atoms with van der Waals surface area (Å²) in [6.07, 6.45) is 0. The van der Waals surface area contributed by atoms with Gasteiger partial charge in [0.15, 0.2) is 0 Å². The van der Waals surface area contributed by atoms with Gasteiger partial charge in [-0.3, -0.25) is 0 Å². The zero-order chi connectivity index (χ0) is 9.23. The first-order chi connectivity index (χ1) is 4.76. The molecule has 0 aliphatic heterocycles. The molecule has 0 aromatic heterocycles. The molecule has 64 valence electrons. The SMILES string of the molecule is C=C(C(=C)S(N)(=O)=O)C(C)C. The van der Waals surface area contributed by atoms with Crippen LogP contribution in [0.2, 0.25) is 0 Å². The fourth-order valence-electron chi connectivity index (χ4n) is 0.505. The number of rotatable bonds is 3. The summed E-state index contributed by atoms with van der Waals surface area (Å²) in [6.45, 7) is 10.6. The van der Waals surface area contributed by atoms with E-state index in [4.69, 9.17) is 5.14 Å². The molecule has 0 atom stereocenters. The van der Waals surface area contributed by atoms with E-state index in [-0.39, 0.29) is 10.8 Å². The Morgan fingerprint density at radius 1 is 1.36 bits per heavy atom. The number of hydrogen-bond acceptors (Lipinski definition) is 2. The Bertz CT molecular complexity index is 275. The molecule has 11 heavy (non-hydrogen) atoms. The van der Waals surface area contributed by atoms with Gasteiger partial charge in [-0.05, 0) is 11.5 Å². The third-order valence-electron chi connectivity index (χ3n) is 1.40. The summed E-state index contributed by atoms with van der Waals surface area (Å²) in [5, 5.41) is 4.83. The maximum Gasteiger partial charge on any atom is 0.237 e. The number of hydrogen-bond donors (Lipinski definition) is 1. The molecule has 4 heteroatoms. The highest BCUT2D eigenvalue weighted by Gasteiger charge is 2.14. The van der Waals surface area contributed by atoms with Crippen LogP contribution in [0.25, 0.3) is 0 Å². The van der Waals surface area contributed by atoms with Crippen molar-refractivity contribution in [3.8, 4) is 0 Å². The van der Waals surface area contributed by atoms with Gasteiger partial charge in [0.2, 0.25) is 10.0 Å². The molecule has 0 rings (SSSR count). The number of nitrogens with two attached hydrogens (primary N) is 1. The first kappa shape index (κ1) is 10.4. The Morgan fingerprint density at radius 2 is 1.73 bits per heavy atom. The van der Waals surface area contributed by atoms with Crippen molar-refractivity contribution in [1.82, 2.24) is 0 Å². The quantitative estimate of drug-likeness (QED) is 0.650. The van der Waals surface area contributed by atoms with Crippen LogP contribution in [0.3, 0.4) is 0 Å². The summed E-state index contributed by atoms with van der Waals surface area (Å²) < 4.78 is 21.4. The molecule has 0 aromatic carbocycles. The molecule has 0 heterocycles. The number of primary sulfonamides is 1. The van der Waals surface area contributed by atoms with E-state index in [1.807, 2.05) is 13.8 Å². The van der Waals surface area contributed by atoms with E-state index in [1.165, 1.54) is 0 Å². The van der Waals surface area contributed by atoms with Crippen LogP contribution in [0.4, 0.5) is 0 Å². The monoisotopic (exact) mass is 175 g/mol. The maximum atomic E-state index is 10.7. The Kier molecular flexibility index (Phi) is 3.02. The van der Waals surface area contributed by atoms with E-state index in [0.29, 0.717) is 5.57 Å². The minimum absolute atomic E-state index is 0.0563. The molecule has 2 N–H and O–H groups in total. The van der Waals surface area contributed by atoms with Crippen molar-refractivity contribution in [3.05, 3.63) is 23.6 Å². The summed E-state index contributed by atoms with van der Waals surface area (Å²) in [5.74, 6) is 0.0563. The molecule has 0 aromatic rings. The van der Waals surface area contributed by atoms with E-state index in [9.17, 15) is 8.42 Å². The van der Waals surface area contributed by atoms with Gasteiger partial charge < -0.3 is 0 Å². The summed E-state index contributed by atoms with van der Waals surface area (Å²) in [4.78, 5) is -0.0764. The topological polar surface area (TPSA) is 60.2 Å². The van der Waals surface area contributed by atoms with Gasteiger partial charge in [0.1, 0.15) is 0 Å². The Morgan fingerprint density at radius 3 is 1.82 bits per heavy atom. The summed E-state index contributed by atoms with van der Waals surface area (Å²) in [7, 11) is -3.64. The van der Waals surface area contributed by atoms with Crippen LogP contribution in [0, 0.1) is 5.92 Å². The average Bonchev–Trinajstić information content (AvgIpc) is 1.82. The van der Waals surface area contributed by atoms with Gasteiger partial charge in [0.25, 0.3) is 0 Å². The number of allylic oxidation sites excluding steroid dienone is 1. The standard InChI is InChI=1S/C7H13NO2S/c1-5(2)6(3)7(4)11(8,9)10/h5H,3-4H2,1-2H3,(H2,8,9,10). The van der Waals surface area contributed by atoms with Crippen LogP contribution in [0.1, 0.15) is 13.8 Å². The number of sulfonamides is 1. The van der Waals surface area contributed by atoms with Crippen LogP contribution in [0.5, 0.6) is 0 Å². The molecule has 3 nitrogen and oxygen atoms in total. The predicted molar refractivity (Wildman–Crippen MR) is 46.2 cm³/mol. The third-order valence-corrected chi connectivity index (χ3v) is 2.35. The Balaban J connectivity index is 4.68. The predicted octanol–water partition coefficient (Wildman–Crippen LogP) is 1.00. The minimum atomic E-state index is -3.64.